The fourth-order valence-electron chi connectivity index (χ4n) is 2.51. The maximum Gasteiger partial charge on any atom is 0.221 e. The maximum absolute atomic E-state index is 12.0. The molecule has 0 saturated carbocycles. The van der Waals surface area contributed by atoms with E-state index in [0.717, 1.165) is 23.1 Å². The summed E-state index contributed by atoms with van der Waals surface area (Å²) in [5.41, 5.74) is 1.95. The predicted molar refractivity (Wildman–Crippen MR) is 104 cm³/mol. The fraction of sp³-hybridized carbons (Fsp3) is 0.368. The van der Waals surface area contributed by atoms with Gasteiger partial charge in [-0.2, -0.15) is 0 Å². The predicted octanol–water partition coefficient (Wildman–Crippen LogP) is 1.60. The summed E-state index contributed by atoms with van der Waals surface area (Å²) in [6.07, 6.45) is 5.16. The fourth-order valence-corrected chi connectivity index (χ4v) is 3.35. The van der Waals surface area contributed by atoms with Crippen molar-refractivity contribution >= 4 is 15.9 Å². The van der Waals surface area contributed by atoms with E-state index >= 15 is 0 Å². The van der Waals surface area contributed by atoms with Crippen LogP contribution >= 0.6 is 0 Å². The highest BCUT2D eigenvalue weighted by Gasteiger charge is 2.17. The zero-order valence-corrected chi connectivity index (χ0v) is 16.4. The molecule has 2 aromatic rings. The van der Waals surface area contributed by atoms with Gasteiger partial charge in [0.05, 0.1) is 13.4 Å². The van der Waals surface area contributed by atoms with E-state index in [1.165, 1.54) is 4.31 Å². The van der Waals surface area contributed by atoms with Gasteiger partial charge in [-0.3, -0.25) is 9.78 Å². The molecule has 1 heterocycles. The SMILES string of the molecule is COc1ccc(CCN(CCC(=O)NCc2ccncc2)S(C)(=O)=O)cc1. The summed E-state index contributed by atoms with van der Waals surface area (Å²) in [5.74, 6) is 0.564. The summed E-state index contributed by atoms with van der Waals surface area (Å²) in [6, 6.07) is 11.1. The van der Waals surface area contributed by atoms with E-state index in [1.54, 1.807) is 19.5 Å². The minimum absolute atomic E-state index is 0.112. The van der Waals surface area contributed by atoms with Gasteiger partial charge in [0.2, 0.25) is 15.9 Å². The number of benzene rings is 1. The summed E-state index contributed by atoms with van der Waals surface area (Å²) in [5, 5.41) is 2.79. The number of carbonyl (C=O) groups excluding carboxylic acids is 1. The van der Waals surface area contributed by atoms with E-state index < -0.39 is 10.0 Å². The van der Waals surface area contributed by atoms with Crippen LogP contribution in [-0.2, 0) is 27.8 Å². The molecule has 1 aromatic heterocycles. The Kier molecular flexibility index (Phi) is 7.75. The third-order valence-corrected chi connectivity index (χ3v) is 5.41. The Hall–Kier alpha value is -2.45. The number of carbonyl (C=O) groups is 1. The Morgan fingerprint density at radius 2 is 1.74 bits per heavy atom. The summed E-state index contributed by atoms with van der Waals surface area (Å²) in [6.45, 7) is 0.867. The molecular formula is C19H25N3O4S. The lowest BCUT2D eigenvalue weighted by Gasteiger charge is -2.19. The normalized spacial score (nSPS) is 11.4. The molecule has 0 unspecified atom stereocenters. The van der Waals surface area contributed by atoms with Gasteiger partial charge in [0.1, 0.15) is 5.75 Å². The molecule has 0 spiro atoms. The van der Waals surface area contributed by atoms with E-state index in [9.17, 15) is 13.2 Å². The molecule has 0 aliphatic carbocycles. The Bertz CT molecular complexity index is 824. The number of methoxy groups -OCH3 is 1. The van der Waals surface area contributed by atoms with Crippen molar-refractivity contribution in [3.05, 3.63) is 59.9 Å². The van der Waals surface area contributed by atoms with Crippen LogP contribution < -0.4 is 10.1 Å². The smallest absolute Gasteiger partial charge is 0.221 e. The highest BCUT2D eigenvalue weighted by Crippen LogP contribution is 2.12. The second kappa shape index (κ2) is 10.0. The monoisotopic (exact) mass is 391 g/mol. The molecule has 0 aliphatic rings. The number of hydrogen-bond acceptors (Lipinski definition) is 5. The number of rotatable bonds is 10. The van der Waals surface area contributed by atoms with Crippen molar-refractivity contribution in [2.24, 2.45) is 0 Å². The Labute approximate surface area is 160 Å². The van der Waals surface area contributed by atoms with Gasteiger partial charge in [-0.25, -0.2) is 12.7 Å². The lowest BCUT2D eigenvalue weighted by Crippen LogP contribution is -2.35. The average Bonchev–Trinajstić information content (AvgIpc) is 2.66. The van der Waals surface area contributed by atoms with Crippen LogP contribution in [0.4, 0.5) is 0 Å². The van der Waals surface area contributed by atoms with Crippen LogP contribution in [0, 0.1) is 0 Å². The zero-order valence-electron chi connectivity index (χ0n) is 15.6. The standard InChI is InChI=1S/C19H25N3O4S/c1-26-18-5-3-16(4-6-18)9-13-22(27(2,24)25)14-10-19(23)21-15-17-7-11-20-12-8-17/h3-8,11-12H,9-10,13-15H2,1-2H3,(H,21,23). The van der Waals surface area contributed by atoms with E-state index in [4.69, 9.17) is 4.74 Å². The van der Waals surface area contributed by atoms with E-state index in [2.05, 4.69) is 10.3 Å². The van der Waals surface area contributed by atoms with Gasteiger partial charge in [0, 0.05) is 38.4 Å². The van der Waals surface area contributed by atoms with E-state index in [-0.39, 0.29) is 18.9 Å². The van der Waals surface area contributed by atoms with Crippen LogP contribution in [0.5, 0.6) is 5.75 Å². The molecule has 2 rings (SSSR count). The zero-order chi connectivity index (χ0) is 19.7. The number of nitrogens with one attached hydrogen (secondary N) is 1. The molecule has 0 atom stereocenters. The average molecular weight is 391 g/mol. The summed E-state index contributed by atoms with van der Waals surface area (Å²) in [7, 11) is -1.79. The largest absolute Gasteiger partial charge is 0.497 e. The minimum atomic E-state index is -3.39. The van der Waals surface area contributed by atoms with Crippen LogP contribution in [0.2, 0.25) is 0 Å². The lowest BCUT2D eigenvalue weighted by atomic mass is 10.1. The van der Waals surface area contributed by atoms with Gasteiger partial charge >= 0.3 is 0 Å². The molecule has 0 saturated heterocycles. The Morgan fingerprint density at radius 3 is 2.33 bits per heavy atom. The second-order valence-corrected chi connectivity index (χ2v) is 8.12. The first kappa shape index (κ1) is 20.9. The summed E-state index contributed by atoms with van der Waals surface area (Å²) < 4.78 is 30.5. The van der Waals surface area contributed by atoms with Gasteiger partial charge in [-0.05, 0) is 41.8 Å². The molecule has 1 aromatic carbocycles. The van der Waals surface area contributed by atoms with Crippen molar-refractivity contribution < 1.29 is 17.9 Å². The lowest BCUT2D eigenvalue weighted by molar-refractivity contribution is -0.121. The molecule has 0 radical (unpaired) electrons. The third-order valence-electron chi connectivity index (χ3n) is 4.11. The maximum atomic E-state index is 12.0. The third kappa shape index (κ3) is 7.36. The number of amides is 1. The van der Waals surface area contributed by atoms with Crippen LogP contribution in [-0.4, -0.2) is 50.1 Å². The first-order valence-electron chi connectivity index (χ1n) is 8.62. The van der Waals surface area contributed by atoms with Gasteiger partial charge in [0.25, 0.3) is 0 Å². The molecule has 8 heteroatoms. The molecule has 1 N–H and O–H groups in total. The van der Waals surface area contributed by atoms with Gasteiger partial charge < -0.3 is 10.1 Å². The van der Waals surface area contributed by atoms with Crippen LogP contribution in [0.15, 0.2) is 48.8 Å². The first-order valence-corrected chi connectivity index (χ1v) is 10.5. The first-order chi connectivity index (χ1) is 12.9. The number of pyridine rings is 1. The van der Waals surface area contributed by atoms with E-state index in [1.807, 2.05) is 36.4 Å². The topological polar surface area (TPSA) is 88.6 Å². The molecular weight excluding hydrogens is 366 g/mol. The summed E-state index contributed by atoms with van der Waals surface area (Å²) >= 11 is 0. The van der Waals surface area contributed by atoms with Crippen LogP contribution in [0.25, 0.3) is 0 Å². The number of sulfonamides is 1. The molecule has 27 heavy (non-hydrogen) atoms. The molecule has 0 fully saturated rings. The van der Waals surface area contributed by atoms with Gasteiger partial charge in [-0.15, -0.1) is 0 Å². The number of aromatic nitrogens is 1. The van der Waals surface area contributed by atoms with Crippen molar-refractivity contribution in [2.45, 2.75) is 19.4 Å². The number of hydrogen-bond donors (Lipinski definition) is 1. The summed E-state index contributed by atoms with van der Waals surface area (Å²) in [4.78, 5) is 16.0. The molecule has 0 bridgehead atoms. The van der Waals surface area contributed by atoms with E-state index in [0.29, 0.717) is 19.5 Å². The minimum Gasteiger partial charge on any atom is -0.497 e. The van der Waals surface area contributed by atoms with Gasteiger partial charge in [0.15, 0.2) is 0 Å². The van der Waals surface area contributed by atoms with Crippen LogP contribution in [0.1, 0.15) is 17.5 Å². The molecule has 146 valence electrons. The molecule has 0 aliphatic heterocycles. The number of ether oxygens (including phenoxy) is 1. The Balaban J connectivity index is 1.83. The van der Waals surface area contributed by atoms with Crippen molar-refractivity contribution in [1.82, 2.24) is 14.6 Å². The van der Waals surface area contributed by atoms with Crippen molar-refractivity contribution in [3.8, 4) is 5.75 Å². The van der Waals surface area contributed by atoms with Crippen molar-refractivity contribution in [2.75, 3.05) is 26.5 Å². The Morgan fingerprint density at radius 1 is 1.07 bits per heavy atom. The van der Waals surface area contributed by atoms with Crippen molar-refractivity contribution in [1.29, 1.82) is 0 Å². The van der Waals surface area contributed by atoms with Crippen molar-refractivity contribution in [3.63, 3.8) is 0 Å². The molecule has 1 amide bonds. The van der Waals surface area contributed by atoms with Crippen LogP contribution in [0.3, 0.4) is 0 Å². The number of nitrogens with zero attached hydrogens (tertiary/aromatic N) is 2. The quantitative estimate of drug-likeness (QED) is 0.665. The van der Waals surface area contributed by atoms with Gasteiger partial charge in [-0.1, -0.05) is 12.1 Å². The second-order valence-electron chi connectivity index (χ2n) is 6.14. The molecule has 7 nitrogen and oxygen atoms in total. The highest BCUT2D eigenvalue weighted by atomic mass is 32.2. The highest BCUT2D eigenvalue weighted by molar-refractivity contribution is 7.88.